The van der Waals surface area contributed by atoms with Crippen LogP contribution in [0.1, 0.15) is 29.0 Å². The van der Waals surface area contributed by atoms with Gasteiger partial charge in [0.15, 0.2) is 0 Å². The molecule has 116 valence electrons. The summed E-state index contributed by atoms with van der Waals surface area (Å²) in [4.78, 5) is 0.0565. The maximum absolute atomic E-state index is 14.3. The van der Waals surface area contributed by atoms with E-state index in [0.29, 0.717) is 18.4 Å². The fraction of sp³-hybridized carbons (Fsp3) is 0.200. The number of nitrogens with two attached hydrogens (primary N) is 1. The lowest BCUT2D eigenvalue weighted by Gasteiger charge is -2.14. The Bertz CT molecular complexity index is 868. The summed E-state index contributed by atoms with van der Waals surface area (Å²) < 4.78 is 50.5. The van der Waals surface area contributed by atoms with Crippen LogP contribution in [-0.2, 0) is 16.4 Å². The van der Waals surface area contributed by atoms with Crippen molar-refractivity contribution in [2.24, 2.45) is 5.14 Å². The van der Waals surface area contributed by atoms with E-state index in [0.717, 1.165) is 11.1 Å². The molecule has 2 aromatic rings. The summed E-state index contributed by atoms with van der Waals surface area (Å²) in [5, 5.41) is 5.13. The Morgan fingerprint density at radius 2 is 1.82 bits per heavy atom. The van der Waals surface area contributed by atoms with Crippen LogP contribution in [0.4, 0.5) is 8.78 Å². The predicted molar refractivity (Wildman–Crippen MR) is 87.1 cm³/mol. The van der Waals surface area contributed by atoms with Gasteiger partial charge in [-0.1, -0.05) is 12.1 Å². The molecule has 0 heterocycles. The largest absolute Gasteiger partial charge is 0.238 e. The Kier molecular flexibility index (Phi) is 3.98. The topological polar surface area (TPSA) is 60.2 Å². The van der Waals surface area contributed by atoms with Gasteiger partial charge in [0.25, 0.3) is 0 Å². The summed E-state index contributed by atoms with van der Waals surface area (Å²) in [6, 6.07) is 7.36. The van der Waals surface area contributed by atoms with E-state index in [1.807, 2.05) is 0 Å². The number of hydrogen-bond donors (Lipinski definition) is 1. The van der Waals surface area contributed by atoms with Gasteiger partial charge in [-0.15, -0.1) is 0 Å². The predicted octanol–water partition coefficient (Wildman–Crippen LogP) is 3.29. The second-order valence-corrected chi connectivity index (χ2v) is 7.90. The molecule has 0 fully saturated rings. The molecule has 0 saturated heterocycles. The van der Waals surface area contributed by atoms with E-state index in [9.17, 15) is 17.2 Å². The number of rotatable bonds is 2. The number of halogens is 3. The van der Waals surface area contributed by atoms with Crippen molar-refractivity contribution in [3.8, 4) is 0 Å². The normalized spacial score (nSPS) is 17.5. The van der Waals surface area contributed by atoms with Gasteiger partial charge >= 0.3 is 0 Å². The minimum atomic E-state index is -3.75. The van der Waals surface area contributed by atoms with E-state index in [4.69, 9.17) is 5.14 Å². The molecule has 3 nitrogen and oxygen atoms in total. The number of sulfonamides is 1. The summed E-state index contributed by atoms with van der Waals surface area (Å²) in [5.41, 5.74) is 2.15. The maximum atomic E-state index is 14.3. The Morgan fingerprint density at radius 3 is 2.50 bits per heavy atom. The Morgan fingerprint density at radius 1 is 1.14 bits per heavy atom. The number of fused-ring (bicyclic) bond motifs is 1. The first kappa shape index (κ1) is 15.8. The molecule has 0 aromatic heterocycles. The molecule has 0 bridgehead atoms. The van der Waals surface area contributed by atoms with Gasteiger partial charge in [0.1, 0.15) is 11.6 Å². The highest BCUT2D eigenvalue weighted by atomic mass is 127. The quantitative estimate of drug-likeness (QED) is 0.582. The molecular formula is C15H12F2INO2S. The molecule has 1 atom stereocenters. The molecule has 7 heteroatoms. The van der Waals surface area contributed by atoms with Crippen LogP contribution >= 0.6 is 22.6 Å². The van der Waals surface area contributed by atoms with E-state index >= 15 is 0 Å². The Balaban J connectivity index is 2.08. The van der Waals surface area contributed by atoms with Gasteiger partial charge in [-0.25, -0.2) is 22.3 Å². The first-order chi connectivity index (χ1) is 10.3. The second-order valence-electron chi connectivity index (χ2n) is 5.26. The summed E-state index contributed by atoms with van der Waals surface area (Å²) in [6.45, 7) is 0. The van der Waals surface area contributed by atoms with Gasteiger partial charge < -0.3 is 0 Å². The van der Waals surface area contributed by atoms with Crippen molar-refractivity contribution >= 4 is 32.6 Å². The van der Waals surface area contributed by atoms with Gasteiger partial charge in [0, 0.05) is 5.92 Å². The summed E-state index contributed by atoms with van der Waals surface area (Å²) in [5.74, 6) is -1.32. The molecule has 2 N–H and O–H groups in total. The number of aryl methyl sites for hydroxylation is 1. The molecule has 0 aliphatic heterocycles. The molecule has 1 aliphatic carbocycles. The summed E-state index contributed by atoms with van der Waals surface area (Å²) in [6.07, 6.45) is 1.29. The van der Waals surface area contributed by atoms with Crippen molar-refractivity contribution in [3.05, 3.63) is 62.2 Å². The fourth-order valence-electron chi connectivity index (χ4n) is 2.90. The molecule has 2 aromatic carbocycles. The van der Waals surface area contributed by atoms with Crippen molar-refractivity contribution in [2.45, 2.75) is 23.7 Å². The van der Waals surface area contributed by atoms with Crippen LogP contribution in [0.2, 0.25) is 0 Å². The van der Waals surface area contributed by atoms with Crippen molar-refractivity contribution < 1.29 is 17.2 Å². The molecule has 0 amide bonds. The van der Waals surface area contributed by atoms with Gasteiger partial charge in [-0.3, -0.25) is 0 Å². The first-order valence-electron chi connectivity index (χ1n) is 6.58. The molecule has 0 radical (unpaired) electrons. The van der Waals surface area contributed by atoms with Crippen LogP contribution < -0.4 is 5.14 Å². The molecule has 1 aliphatic rings. The monoisotopic (exact) mass is 435 g/mol. The van der Waals surface area contributed by atoms with Crippen molar-refractivity contribution in [2.75, 3.05) is 0 Å². The van der Waals surface area contributed by atoms with E-state index in [2.05, 4.69) is 0 Å². The SMILES string of the molecule is NS(=O)(=O)c1ccc2c(c1)CCC2c1ccc(F)c(I)c1F. The molecule has 0 spiro atoms. The zero-order valence-electron chi connectivity index (χ0n) is 11.3. The molecule has 0 saturated carbocycles. The van der Waals surface area contributed by atoms with Crippen molar-refractivity contribution in [1.29, 1.82) is 0 Å². The van der Waals surface area contributed by atoms with Crippen LogP contribution in [0.3, 0.4) is 0 Å². The Hall–Kier alpha value is -1.06. The minimum absolute atomic E-state index is 0.0234. The van der Waals surface area contributed by atoms with Crippen LogP contribution in [0.15, 0.2) is 35.2 Å². The second kappa shape index (κ2) is 5.54. The molecule has 1 unspecified atom stereocenters. The highest BCUT2D eigenvalue weighted by Gasteiger charge is 2.28. The number of primary sulfonamides is 1. The zero-order chi connectivity index (χ0) is 16.1. The lowest BCUT2D eigenvalue weighted by molar-refractivity contribution is 0.551. The third-order valence-corrected chi connectivity index (χ3v) is 5.86. The molecular weight excluding hydrogens is 423 g/mol. The highest BCUT2D eigenvalue weighted by molar-refractivity contribution is 14.1. The van der Waals surface area contributed by atoms with Gasteiger partial charge in [0.05, 0.1) is 8.47 Å². The lowest BCUT2D eigenvalue weighted by Crippen LogP contribution is -2.12. The lowest BCUT2D eigenvalue weighted by atomic mass is 9.92. The number of hydrogen-bond acceptors (Lipinski definition) is 2. The van der Waals surface area contributed by atoms with E-state index in [-0.39, 0.29) is 14.4 Å². The van der Waals surface area contributed by atoms with Crippen LogP contribution in [0.25, 0.3) is 0 Å². The van der Waals surface area contributed by atoms with Crippen molar-refractivity contribution in [1.82, 2.24) is 0 Å². The van der Waals surface area contributed by atoms with E-state index in [1.54, 1.807) is 28.7 Å². The van der Waals surface area contributed by atoms with Crippen molar-refractivity contribution in [3.63, 3.8) is 0 Å². The summed E-state index contributed by atoms with van der Waals surface area (Å²) in [7, 11) is -3.75. The van der Waals surface area contributed by atoms with Gasteiger partial charge in [0.2, 0.25) is 10.0 Å². The van der Waals surface area contributed by atoms with E-state index in [1.165, 1.54) is 24.3 Å². The third kappa shape index (κ3) is 2.65. The minimum Gasteiger partial charge on any atom is -0.225 e. The van der Waals surface area contributed by atoms with Crippen LogP contribution in [-0.4, -0.2) is 8.42 Å². The van der Waals surface area contributed by atoms with E-state index < -0.39 is 21.7 Å². The smallest absolute Gasteiger partial charge is 0.225 e. The van der Waals surface area contributed by atoms with Crippen LogP contribution in [0, 0.1) is 15.2 Å². The summed E-state index contributed by atoms with van der Waals surface area (Å²) >= 11 is 1.65. The molecule has 3 rings (SSSR count). The standard InChI is InChI=1S/C15H12F2INO2S/c16-13-6-5-12(14(17)15(13)18)11-3-1-8-7-9(22(19,20)21)2-4-10(8)11/h2,4-7,11H,1,3H2,(H2,19,20,21). The zero-order valence-corrected chi connectivity index (χ0v) is 14.3. The van der Waals surface area contributed by atoms with Gasteiger partial charge in [-0.05, 0) is 70.3 Å². The Labute approximate surface area is 140 Å². The van der Waals surface area contributed by atoms with Crippen LogP contribution in [0.5, 0.6) is 0 Å². The first-order valence-corrected chi connectivity index (χ1v) is 9.20. The highest BCUT2D eigenvalue weighted by Crippen LogP contribution is 2.40. The maximum Gasteiger partial charge on any atom is 0.238 e. The molecule has 22 heavy (non-hydrogen) atoms. The average Bonchev–Trinajstić information content (AvgIpc) is 2.87. The average molecular weight is 435 g/mol. The fourth-order valence-corrected chi connectivity index (χ4v) is 3.96. The third-order valence-electron chi connectivity index (χ3n) is 3.96. The number of benzene rings is 2. The van der Waals surface area contributed by atoms with Gasteiger partial charge in [-0.2, -0.15) is 0 Å².